The van der Waals surface area contributed by atoms with E-state index in [1.807, 2.05) is 44.2 Å². The first-order valence-corrected chi connectivity index (χ1v) is 10.1. The Balaban J connectivity index is 1.81. The number of amides is 1. The van der Waals surface area contributed by atoms with Crippen LogP contribution in [-0.2, 0) is 11.2 Å². The van der Waals surface area contributed by atoms with Crippen LogP contribution in [-0.4, -0.2) is 29.3 Å². The van der Waals surface area contributed by atoms with Gasteiger partial charge >= 0.3 is 0 Å². The zero-order chi connectivity index (χ0) is 20.8. The molecule has 7 nitrogen and oxygen atoms in total. The summed E-state index contributed by atoms with van der Waals surface area (Å²) < 4.78 is 17.1. The Morgan fingerprint density at radius 3 is 2.48 bits per heavy atom. The zero-order valence-corrected chi connectivity index (χ0v) is 18.1. The van der Waals surface area contributed by atoms with Crippen molar-refractivity contribution < 1.29 is 18.8 Å². The lowest BCUT2D eigenvalue weighted by molar-refractivity contribution is -0.115. The highest BCUT2D eigenvalue weighted by molar-refractivity contribution is 9.10. The maximum Gasteiger partial charge on any atom is 0.228 e. The number of benzene rings is 2. The Morgan fingerprint density at radius 2 is 1.83 bits per heavy atom. The first kappa shape index (κ1) is 20.9. The molecule has 0 saturated heterocycles. The Kier molecular flexibility index (Phi) is 6.87. The Morgan fingerprint density at radius 1 is 1.14 bits per heavy atom. The fourth-order valence-electron chi connectivity index (χ4n) is 2.81. The third kappa shape index (κ3) is 5.14. The molecule has 29 heavy (non-hydrogen) atoms. The molecule has 0 fully saturated rings. The van der Waals surface area contributed by atoms with E-state index in [0.29, 0.717) is 47.7 Å². The number of carbonyl (C=O) groups excluding carboxylic acids is 1. The van der Waals surface area contributed by atoms with Crippen LogP contribution in [0.2, 0.25) is 0 Å². The molecule has 0 radical (unpaired) electrons. The number of rotatable bonds is 8. The van der Waals surface area contributed by atoms with E-state index in [9.17, 15) is 4.79 Å². The summed E-state index contributed by atoms with van der Waals surface area (Å²) in [7, 11) is 0. The summed E-state index contributed by atoms with van der Waals surface area (Å²) in [6, 6.07) is 11.0. The monoisotopic (exact) mass is 459 g/mol. The van der Waals surface area contributed by atoms with Crippen LogP contribution in [0.25, 0.3) is 11.4 Å². The normalized spacial score (nSPS) is 10.6. The molecule has 0 aliphatic carbocycles. The number of nitrogens with zero attached hydrogens (tertiary/aromatic N) is 2. The van der Waals surface area contributed by atoms with E-state index < -0.39 is 0 Å². The van der Waals surface area contributed by atoms with Gasteiger partial charge in [0.25, 0.3) is 0 Å². The molecule has 0 aliphatic heterocycles. The molecule has 1 amide bonds. The highest BCUT2D eigenvalue weighted by Crippen LogP contribution is 2.34. The van der Waals surface area contributed by atoms with Crippen molar-refractivity contribution in [3.63, 3.8) is 0 Å². The van der Waals surface area contributed by atoms with Crippen LogP contribution in [0.5, 0.6) is 11.5 Å². The van der Waals surface area contributed by atoms with Gasteiger partial charge in [-0.15, -0.1) is 0 Å². The summed E-state index contributed by atoms with van der Waals surface area (Å²) in [6.07, 6.45) is 0.159. The molecule has 0 bridgehead atoms. The zero-order valence-electron chi connectivity index (χ0n) is 16.5. The van der Waals surface area contributed by atoms with Crippen LogP contribution >= 0.6 is 15.9 Å². The van der Waals surface area contributed by atoms with Gasteiger partial charge in [0.2, 0.25) is 17.6 Å². The molecule has 0 aliphatic rings. The number of hydrogen-bond acceptors (Lipinski definition) is 6. The van der Waals surface area contributed by atoms with E-state index >= 15 is 0 Å². The number of aryl methyl sites for hydroxylation is 1. The quantitative estimate of drug-likeness (QED) is 0.521. The van der Waals surface area contributed by atoms with E-state index in [4.69, 9.17) is 14.0 Å². The second kappa shape index (κ2) is 9.56. The van der Waals surface area contributed by atoms with Gasteiger partial charge in [-0.25, -0.2) is 0 Å². The number of halogens is 1. The van der Waals surface area contributed by atoms with Gasteiger partial charge in [0.05, 0.1) is 25.3 Å². The van der Waals surface area contributed by atoms with E-state index in [-0.39, 0.29) is 12.3 Å². The lowest BCUT2D eigenvalue weighted by Crippen LogP contribution is -2.15. The molecule has 1 aromatic heterocycles. The lowest BCUT2D eigenvalue weighted by atomic mass is 10.1. The highest BCUT2D eigenvalue weighted by atomic mass is 79.9. The minimum absolute atomic E-state index is 0.159. The fraction of sp³-hybridized carbons (Fsp3) is 0.286. The number of carbonyl (C=O) groups is 1. The maximum atomic E-state index is 12.7. The molecule has 2 aromatic carbocycles. The average Bonchev–Trinajstić information content (AvgIpc) is 3.12. The van der Waals surface area contributed by atoms with Gasteiger partial charge in [-0.2, -0.15) is 4.98 Å². The van der Waals surface area contributed by atoms with Gasteiger partial charge in [-0.05, 0) is 43.7 Å². The Labute approximate surface area is 177 Å². The smallest absolute Gasteiger partial charge is 0.228 e. The van der Waals surface area contributed by atoms with Gasteiger partial charge in [0, 0.05) is 17.0 Å². The summed E-state index contributed by atoms with van der Waals surface area (Å²) in [5.41, 5.74) is 2.10. The maximum absolute atomic E-state index is 12.7. The van der Waals surface area contributed by atoms with E-state index in [1.165, 1.54) is 0 Å². The Hall–Kier alpha value is -2.87. The second-order valence-corrected chi connectivity index (χ2v) is 7.02. The molecular weight excluding hydrogens is 438 g/mol. The number of aromatic nitrogens is 2. The van der Waals surface area contributed by atoms with Gasteiger partial charge in [-0.3, -0.25) is 4.79 Å². The molecule has 1 N–H and O–H groups in total. The van der Waals surface area contributed by atoms with Crippen LogP contribution < -0.4 is 14.8 Å². The van der Waals surface area contributed by atoms with Crippen molar-refractivity contribution >= 4 is 27.5 Å². The molecule has 0 unspecified atom stereocenters. The van der Waals surface area contributed by atoms with E-state index in [2.05, 4.69) is 31.4 Å². The average molecular weight is 460 g/mol. The van der Waals surface area contributed by atoms with Gasteiger partial charge in [-0.1, -0.05) is 33.2 Å². The van der Waals surface area contributed by atoms with Crippen molar-refractivity contribution in [1.29, 1.82) is 0 Å². The van der Waals surface area contributed by atoms with Gasteiger partial charge in [0.1, 0.15) is 0 Å². The minimum Gasteiger partial charge on any atom is -0.490 e. The van der Waals surface area contributed by atoms with Crippen LogP contribution in [0.4, 0.5) is 5.69 Å². The lowest BCUT2D eigenvalue weighted by Gasteiger charge is -2.14. The molecule has 1 heterocycles. The molecule has 3 aromatic rings. The standard InChI is InChI=1S/C21H22BrN3O4/c1-4-27-18-10-14(16(22)12-19(18)28-5-2)11-20(26)24-17-9-7-6-8-15(17)21-23-13(3)29-25-21/h6-10,12H,4-5,11H2,1-3H3,(H,24,26). The number of nitrogens with one attached hydrogen (secondary N) is 1. The summed E-state index contributed by atoms with van der Waals surface area (Å²) in [5.74, 6) is 1.97. The topological polar surface area (TPSA) is 86.5 Å². The summed E-state index contributed by atoms with van der Waals surface area (Å²) >= 11 is 3.52. The van der Waals surface area contributed by atoms with Crippen LogP contribution in [0.1, 0.15) is 25.3 Å². The molecule has 0 saturated carbocycles. The predicted molar refractivity (Wildman–Crippen MR) is 113 cm³/mol. The summed E-state index contributed by atoms with van der Waals surface area (Å²) in [6.45, 7) is 6.56. The van der Waals surface area contributed by atoms with Gasteiger partial charge in [0.15, 0.2) is 11.5 Å². The van der Waals surface area contributed by atoms with Crippen molar-refractivity contribution in [3.8, 4) is 22.9 Å². The van der Waals surface area contributed by atoms with Crippen molar-refractivity contribution in [2.75, 3.05) is 18.5 Å². The predicted octanol–water partition coefficient (Wildman–Crippen LogP) is 4.79. The van der Waals surface area contributed by atoms with Crippen molar-refractivity contribution in [1.82, 2.24) is 10.1 Å². The minimum atomic E-state index is -0.176. The van der Waals surface area contributed by atoms with Crippen molar-refractivity contribution in [3.05, 3.63) is 52.3 Å². The van der Waals surface area contributed by atoms with Crippen LogP contribution in [0.15, 0.2) is 45.4 Å². The third-order valence-electron chi connectivity index (χ3n) is 4.03. The molecule has 152 valence electrons. The SMILES string of the molecule is CCOc1cc(Br)c(CC(=O)Nc2ccccc2-c2noc(C)n2)cc1OCC. The summed E-state index contributed by atoms with van der Waals surface area (Å²) in [4.78, 5) is 17.0. The second-order valence-electron chi connectivity index (χ2n) is 6.16. The van der Waals surface area contributed by atoms with E-state index in [1.54, 1.807) is 13.0 Å². The largest absolute Gasteiger partial charge is 0.490 e. The molecule has 3 rings (SSSR count). The highest BCUT2D eigenvalue weighted by Gasteiger charge is 2.16. The number of para-hydroxylation sites is 1. The first-order chi connectivity index (χ1) is 14.0. The molecule has 8 heteroatoms. The number of anilines is 1. The van der Waals surface area contributed by atoms with Gasteiger partial charge < -0.3 is 19.3 Å². The molecule has 0 atom stereocenters. The number of ether oxygens (including phenoxy) is 2. The van der Waals surface area contributed by atoms with Crippen molar-refractivity contribution in [2.24, 2.45) is 0 Å². The first-order valence-electron chi connectivity index (χ1n) is 9.29. The fourth-order valence-corrected chi connectivity index (χ4v) is 3.27. The van der Waals surface area contributed by atoms with Crippen molar-refractivity contribution in [2.45, 2.75) is 27.2 Å². The van der Waals surface area contributed by atoms with E-state index in [0.717, 1.165) is 10.0 Å². The van der Waals surface area contributed by atoms with Crippen LogP contribution in [0, 0.1) is 6.92 Å². The Bertz CT molecular complexity index is 1000. The van der Waals surface area contributed by atoms with Crippen LogP contribution in [0.3, 0.4) is 0 Å². The number of hydrogen-bond donors (Lipinski definition) is 1. The molecule has 0 spiro atoms. The third-order valence-corrected chi connectivity index (χ3v) is 4.77. The molecular formula is C21H22BrN3O4. The summed E-state index contributed by atoms with van der Waals surface area (Å²) in [5, 5.41) is 6.87.